The normalized spacial score (nSPS) is 16.4. The van der Waals surface area contributed by atoms with Crippen molar-refractivity contribution >= 4 is 27.0 Å². The van der Waals surface area contributed by atoms with Gasteiger partial charge in [-0.15, -0.1) is 0 Å². The number of carbonyl (C=O) groups is 1. The van der Waals surface area contributed by atoms with Crippen LogP contribution in [0.5, 0.6) is 0 Å². The minimum Gasteiger partial charge on any atom is -0.467 e. The lowest BCUT2D eigenvalue weighted by Crippen LogP contribution is -2.50. The number of fused-ring (bicyclic) bond motifs is 1. The molecule has 0 spiro atoms. The van der Waals surface area contributed by atoms with Crippen molar-refractivity contribution in [1.82, 2.24) is 24.5 Å². The Morgan fingerprint density at radius 3 is 2.79 bits per heavy atom. The third kappa shape index (κ3) is 3.79. The minimum atomic E-state index is -3.61. The number of amides is 1. The molecule has 0 radical (unpaired) electrons. The van der Waals surface area contributed by atoms with Gasteiger partial charge in [-0.25, -0.2) is 13.4 Å². The molecule has 1 aliphatic heterocycles. The number of hydrogen-bond acceptors (Lipinski definition) is 6. The van der Waals surface area contributed by atoms with Gasteiger partial charge in [-0.1, -0.05) is 0 Å². The van der Waals surface area contributed by atoms with Crippen LogP contribution < -0.4 is 5.32 Å². The molecule has 1 aliphatic rings. The Labute approximate surface area is 162 Å². The molecule has 0 atom stereocenters. The number of aromatic amines is 1. The van der Waals surface area contributed by atoms with Gasteiger partial charge in [-0.2, -0.15) is 4.31 Å². The molecule has 3 aromatic rings. The first-order valence-electron chi connectivity index (χ1n) is 8.98. The number of pyridine rings is 1. The zero-order valence-electron chi connectivity index (χ0n) is 15.2. The van der Waals surface area contributed by atoms with E-state index in [0.29, 0.717) is 49.5 Å². The summed E-state index contributed by atoms with van der Waals surface area (Å²) in [5.41, 5.74) is 0.549. The molecule has 0 aromatic carbocycles. The summed E-state index contributed by atoms with van der Waals surface area (Å²) in [4.78, 5) is 21.3. The Morgan fingerprint density at radius 2 is 2.04 bits per heavy atom. The molecule has 28 heavy (non-hydrogen) atoms. The second-order valence-electron chi connectivity index (χ2n) is 6.59. The van der Waals surface area contributed by atoms with Crippen LogP contribution in [0.3, 0.4) is 0 Å². The number of rotatable bonds is 6. The van der Waals surface area contributed by atoms with Crippen LogP contribution >= 0.6 is 0 Å². The molecule has 10 heteroatoms. The van der Waals surface area contributed by atoms with Crippen molar-refractivity contribution < 1.29 is 17.6 Å². The van der Waals surface area contributed by atoms with Crippen molar-refractivity contribution in [3.8, 4) is 0 Å². The summed E-state index contributed by atoms with van der Waals surface area (Å²) in [5.74, 6) is 0.577. The van der Waals surface area contributed by atoms with E-state index in [1.165, 1.54) is 10.5 Å². The molecule has 4 heterocycles. The van der Waals surface area contributed by atoms with Crippen LogP contribution in [0.25, 0.3) is 11.0 Å². The fourth-order valence-electron chi connectivity index (χ4n) is 3.27. The molecule has 0 saturated carbocycles. The zero-order chi connectivity index (χ0) is 19.6. The summed E-state index contributed by atoms with van der Waals surface area (Å²) in [6.45, 7) is 2.23. The van der Waals surface area contributed by atoms with Gasteiger partial charge in [-0.3, -0.25) is 9.69 Å². The minimum absolute atomic E-state index is 0.115. The zero-order valence-corrected chi connectivity index (χ0v) is 16.0. The van der Waals surface area contributed by atoms with Gasteiger partial charge in [0.25, 0.3) is 0 Å². The first kappa shape index (κ1) is 18.7. The number of hydrogen-bond donors (Lipinski definition) is 2. The van der Waals surface area contributed by atoms with E-state index in [9.17, 15) is 13.2 Å². The maximum atomic E-state index is 13.0. The molecule has 3 aromatic heterocycles. The summed E-state index contributed by atoms with van der Waals surface area (Å²) in [6.07, 6.45) is 4.66. The fourth-order valence-corrected chi connectivity index (χ4v) is 4.84. The SMILES string of the molecule is O=C(CN1CCN(S(=O)(=O)c2c[nH]c3ncccc23)CC1)NCc1ccco1. The molecule has 148 valence electrons. The third-order valence-corrected chi connectivity index (χ3v) is 6.71. The van der Waals surface area contributed by atoms with E-state index >= 15 is 0 Å². The number of furan rings is 1. The van der Waals surface area contributed by atoms with E-state index in [4.69, 9.17) is 4.42 Å². The monoisotopic (exact) mass is 403 g/mol. The predicted octanol–water partition coefficient (Wildman–Crippen LogP) is 0.779. The third-order valence-electron chi connectivity index (χ3n) is 4.77. The van der Waals surface area contributed by atoms with Crippen molar-refractivity contribution in [2.24, 2.45) is 0 Å². The number of H-pyrrole nitrogens is 1. The van der Waals surface area contributed by atoms with E-state index in [1.54, 1.807) is 36.7 Å². The number of carbonyl (C=O) groups excluding carboxylic acids is 1. The highest BCUT2D eigenvalue weighted by atomic mass is 32.2. The van der Waals surface area contributed by atoms with Crippen molar-refractivity contribution in [2.45, 2.75) is 11.4 Å². The molecule has 2 N–H and O–H groups in total. The quantitative estimate of drug-likeness (QED) is 0.629. The van der Waals surface area contributed by atoms with Crippen molar-refractivity contribution in [3.63, 3.8) is 0 Å². The van der Waals surface area contributed by atoms with E-state index in [2.05, 4.69) is 15.3 Å². The van der Waals surface area contributed by atoms with E-state index in [0.717, 1.165) is 0 Å². The molecule has 0 unspecified atom stereocenters. The Kier molecular flexibility index (Phi) is 5.16. The van der Waals surface area contributed by atoms with Gasteiger partial charge in [0.1, 0.15) is 16.3 Å². The van der Waals surface area contributed by atoms with E-state index in [1.807, 2.05) is 4.90 Å². The summed E-state index contributed by atoms with van der Waals surface area (Å²) in [7, 11) is -3.61. The molecule has 1 amide bonds. The average Bonchev–Trinajstić information content (AvgIpc) is 3.37. The van der Waals surface area contributed by atoms with Gasteiger partial charge in [0.05, 0.1) is 19.4 Å². The summed E-state index contributed by atoms with van der Waals surface area (Å²) < 4.78 is 32.6. The Morgan fingerprint density at radius 1 is 1.21 bits per heavy atom. The molecule has 4 rings (SSSR count). The number of nitrogens with zero attached hydrogens (tertiary/aromatic N) is 3. The lowest BCUT2D eigenvalue weighted by Gasteiger charge is -2.33. The summed E-state index contributed by atoms with van der Waals surface area (Å²) in [6, 6.07) is 7.02. The summed E-state index contributed by atoms with van der Waals surface area (Å²) >= 11 is 0. The Hall–Kier alpha value is -2.69. The molecular formula is C18H21N5O4S. The van der Waals surface area contributed by atoms with Crippen molar-refractivity contribution in [1.29, 1.82) is 0 Å². The first-order chi connectivity index (χ1) is 13.5. The van der Waals surface area contributed by atoms with Crippen LogP contribution in [0, 0.1) is 0 Å². The average molecular weight is 403 g/mol. The topological polar surface area (TPSA) is 112 Å². The molecule has 0 bridgehead atoms. The van der Waals surface area contributed by atoms with Crippen LogP contribution in [0.15, 0.2) is 52.2 Å². The Balaban J connectivity index is 1.34. The lowest BCUT2D eigenvalue weighted by atomic mass is 10.3. The van der Waals surface area contributed by atoms with Crippen LogP contribution in [-0.2, 0) is 21.4 Å². The predicted molar refractivity (Wildman–Crippen MR) is 102 cm³/mol. The molecule has 1 saturated heterocycles. The first-order valence-corrected chi connectivity index (χ1v) is 10.4. The second kappa shape index (κ2) is 7.74. The highest BCUT2D eigenvalue weighted by Crippen LogP contribution is 2.25. The Bertz CT molecular complexity index is 1050. The smallest absolute Gasteiger partial charge is 0.245 e. The van der Waals surface area contributed by atoms with E-state index in [-0.39, 0.29) is 17.3 Å². The van der Waals surface area contributed by atoms with Gasteiger partial charge in [0, 0.05) is 44.0 Å². The number of sulfonamides is 1. The van der Waals surface area contributed by atoms with E-state index < -0.39 is 10.0 Å². The number of nitrogens with one attached hydrogen (secondary N) is 2. The van der Waals surface area contributed by atoms with Crippen LogP contribution in [0.4, 0.5) is 0 Å². The van der Waals surface area contributed by atoms with Gasteiger partial charge < -0.3 is 14.7 Å². The number of piperazine rings is 1. The standard InChI is InChI=1S/C18H21N5O4S/c24-17(20-11-14-3-2-10-27-14)13-22-6-8-23(9-7-22)28(25,26)16-12-21-18-15(16)4-1-5-19-18/h1-5,10,12H,6-9,11,13H2,(H,19,21)(H,20,24). The van der Waals surface area contributed by atoms with Gasteiger partial charge >= 0.3 is 0 Å². The van der Waals surface area contributed by atoms with Crippen molar-refractivity contribution in [2.75, 3.05) is 32.7 Å². The van der Waals surface area contributed by atoms with Crippen LogP contribution in [0.2, 0.25) is 0 Å². The molecule has 0 aliphatic carbocycles. The fraction of sp³-hybridized carbons (Fsp3) is 0.333. The van der Waals surface area contributed by atoms with Crippen LogP contribution in [0.1, 0.15) is 5.76 Å². The second-order valence-corrected chi connectivity index (χ2v) is 8.50. The number of aromatic nitrogens is 2. The lowest BCUT2D eigenvalue weighted by molar-refractivity contribution is -0.122. The van der Waals surface area contributed by atoms with Crippen molar-refractivity contribution in [3.05, 3.63) is 48.7 Å². The summed E-state index contributed by atoms with van der Waals surface area (Å²) in [5, 5.41) is 3.38. The van der Waals surface area contributed by atoms with Gasteiger partial charge in [0.15, 0.2) is 0 Å². The maximum absolute atomic E-state index is 13.0. The highest BCUT2D eigenvalue weighted by Gasteiger charge is 2.31. The highest BCUT2D eigenvalue weighted by molar-refractivity contribution is 7.89. The molecular weight excluding hydrogens is 382 g/mol. The molecule has 1 fully saturated rings. The largest absolute Gasteiger partial charge is 0.467 e. The maximum Gasteiger partial charge on any atom is 0.245 e. The van der Waals surface area contributed by atoms with Gasteiger partial charge in [-0.05, 0) is 24.3 Å². The van der Waals surface area contributed by atoms with Crippen LogP contribution in [-0.4, -0.2) is 66.2 Å². The van der Waals surface area contributed by atoms with Gasteiger partial charge in [0.2, 0.25) is 15.9 Å². The molecule has 9 nitrogen and oxygen atoms in total.